The summed E-state index contributed by atoms with van der Waals surface area (Å²) in [6, 6.07) is 0.430. The van der Waals surface area contributed by atoms with Crippen molar-refractivity contribution in [2.75, 3.05) is 17.2 Å². The Labute approximate surface area is 104 Å². The molecule has 0 spiro atoms. The Morgan fingerprint density at radius 1 is 1.24 bits per heavy atom. The molecule has 0 radical (unpaired) electrons. The predicted molar refractivity (Wildman–Crippen MR) is 73.2 cm³/mol. The second kappa shape index (κ2) is 6.42. The molecule has 1 rings (SSSR count). The number of anilines is 2. The fraction of sp³-hybridized carbons (Fsp3) is 0.692. The number of rotatable bonds is 6. The summed E-state index contributed by atoms with van der Waals surface area (Å²) in [6.07, 6.45) is 4.67. The molecule has 4 nitrogen and oxygen atoms in total. The van der Waals surface area contributed by atoms with Crippen molar-refractivity contribution in [3.05, 3.63) is 11.9 Å². The SMILES string of the molecule is CCCc1c(N)ncnc1N(CCC)C(C)C. The third kappa shape index (κ3) is 3.32. The van der Waals surface area contributed by atoms with Crippen LogP contribution in [-0.2, 0) is 6.42 Å². The molecule has 0 atom stereocenters. The van der Waals surface area contributed by atoms with Crippen LogP contribution in [0.4, 0.5) is 11.6 Å². The fourth-order valence-electron chi connectivity index (χ4n) is 2.00. The van der Waals surface area contributed by atoms with Crippen LogP contribution in [0.15, 0.2) is 6.33 Å². The molecule has 96 valence electrons. The van der Waals surface area contributed by atoms with Gasteiger partial charge in [-0.1, -0.05) is 20.3 Å². The van der Waals surface area contributed by atoms with E-state index in [0.717, 1.165) is 37.2 Å². The van der Waals surface area contributed by atoms with E-state index in [-0.39, 0.29) is 0 Å². The van der Waals surface area contributed by atoms with E-state index >= 15 is 0 Å². The molecule has 0 saturated heterocycles. The molecule has 2 N–H and O–H groups in total. The van der Waals surface area contributed by atoms with Gasteiger partial charge in [0, 0.05) is 18.2 Å². The zero-order valence-corrected chi connectivity index (χ0v) is 11.4. The molecular formula is C13H24N4. The molecule has 0 amide bonds. The van der Waals surface area contributed by atoms with Gasteiger partial charge in [0.05, 0.1) is 0 Å². The maximum Gasteiger partial charge on any atom is 0.137 e. The molecule has 0 aliphatic rings. The van der Waals surface area contributed by atoms with Crippen LogP contribution < -0.4 is 10.6 Å². The lowest BCUT2D eigenvalue weighted by Crippen LogP contribution is -2.33. The van der Waals surface area contributed by atoms with E-state index in [1.807, 2.05) is 0 Å². The second-order valence-corrected chi connectivity index (χ2v) is 4.60. The van der Waals surface area contributed by atoms with E-state index in [2.05, 4.69) is 42.6 Å². The van der Waals surface area contributed by atoms with E-state index in [1.54, 1.807) is 6.33 Å². The van der Waals surface area contributed by atoms with Crippen molar-refractivity contribution in [2.45, 2.75) is 53.0 Å². The van der Waals surface area contributed by atoms with Crippen LogP contribution in [0.2, 0.25) is 0 Å². The van der Waals surface area contributed by atoms with E-state index in [1.165, 1.54) is 0 Å². The Morgan fingerprint density at radius 3 is 2.47 bits per heavy atom. The number of hydrogen-bond donors (Lipinski definition) is 1. The van der Waals surface area contributed by atoms with Gasteiger partial charge in [-0.3, -0.25) is 0 Å². The molecule has 4 heteroatoms. The second-order valence-electron chi connectivity index (χ2n) is 4.60. The lowest BCUT2D eigenvalue weighted by Gasteiger charge is -2.29. The zero-order valence-electron chi connectivity index (χ0n) is 11.4. The maximum absolute atomic E-state index is 5.96. The standard InChI is InChI=1S/C13H24N4/c1-5-7-11-12(14)15-9-16-13(11)17(8-6-2)10(3)4/h9-10H,5-8H2,1-4H3,(H2,14,15,16). The summed E-state index contributed by atoms with van der Waals surface area (Å²) in [4.78, 5) is 10.8. The van der Waals surface area contributed by atoms with Crippen LogP contribution in [0.1, 0.15) is 46.1 Å². The predicted octanol–water partition coefficient (Wildman–Crippen LogP) is 2.64. The van der Waals surface area contributed by atoms with Gasteiger partial charge in [-0.25, -0.2) is 9.97 Å². The van der Waals surface area contributed by atoms with Gasteiger partial charge in [0.2, 0.25) is 0 Å². The van der Waals surface area contributed by atoms with Gasteiger partial charge in [0.15, 0.2) is 0 Å². The van der Waals surface area contributed by atoms with E-state index in [0.29, 0.717) is 11.9 Å². The van der Waals surface area contributed by atoms with Crippen LogP contribution in [-0.4, -0.2) is 22.6 Å². The van der Waals surface area contributed by atoms with Crippen LogP contribution in [0.25, 0.3) is 0 Å². The summed E-state index contributed by atoms with van der Waals surface area (Å²) in [5.74, 6) is 1.63. The Balaban J connectivity index is 3.12. The zero-order chi connectivity index (χ0) is 12.8. The average molecular weight is 236 g/mol. The minimum absolute atomic E-state index is 0.430. The van der Waals surface area contributed by atoms with E-state index in [4.69, 9.17) is 5.73 Å². The highest BCUT2D eigenvalue weighted by molar-refractivity contribution is 5.57. The molecule has 0 aliphatic carbocycles. The van der Waals surface area contributed by atoms with Crippen molar-refractivity contribution in [2.24, 2.45) is 0 Å². The van der Waals surface area contributed by atoms with Crippen molar-refractivity contribution in [1.29, 1.82) is 0 Å². The molecule has 0 aliphatic heterocycles. The monoisotopic (exact) mass is 236 g/mol. The number of hydrogen-bond acceptors (Lipinski definition) is 4. The quantitative estimate of drug-likeness (QED) is 0.825. The molecule has 0 unspecified atom stereocenters. The lowest BCUT2D eigenvalue weighted by molar-refractivity contribution is 0.655. The number of nitrogen functional groups attached to an aromatic ring is 1. The van der Waals surface area contributed by atoms with Crippen LogP contribution in [0.5, 0.6) is 0 Å². The van der Waals surface area contributed by atoms with E-state index in [9.17, 15) is 0 Å². The van der Waals surface area contributed by atoms with Crippen LogP contribution in [0.3, 0.4) is 0 Å². The van der Waals surface area contributed by atoms with Gasteiger partial charge >= 0.3 is 0 Å². The molecule has 0 aromatic carbocycles. The minimum atomic E-state index is 0.430. The highest BCUT2D eigenvalue weighted by Gasteiger charge is 2.17. The molecule has 1 aromatic rings. The Bertz CT molecular complexity index is 349. The van der Waals surface area contributed by atoms with Gasteiger partial charge in [-0.2, -0.15) is 0 Å². The molecule has 0 bridgehead atoms. The summed E-state index contributed by atoms with van der Waals surface area (Å²) in [5, 5.41) is 0. The first-order chi connectivity index (χ1) is 8.11. The molecule has 1 heterocycles. The van der Waals surface area contributed by atoms with Crippen molar-refractivity contribution in [3.8, 4) is 0 Å². The number of aromatic nitrogens is 2. The highest BCUT2D eigenvalue weighted by atomic mass is 15.2. The molecule has 17 heavy (non-hydrogen) atoms. The Morgan fingerprint density at radius 2 is 1.94 bits per heavy atom. The van der Waals surface area contributed by atoms with Gasteiger partial charge in [0.25, 0.3) is 0 Å². The smallest absolute Gasteiger partial charge is 0.137 e. The van der Waals surface area contributed by atoms with Crippen molar-refractivity contribution < 1.29 is 0 Å². The van der Waals surface area contributed by atoms with Crippen molar-refractivity contribution in [1.82, 2.24) is 9.97 Å². The average Bonchev–Trinajstić information content (AvgIpc) is 2.29. The minimum Gasteiger partial charge on any atom is -0.383 e. The summed E-state index contributed by atoms with van der Waals surface area (Å²) >= 11 is 0. The largest absolute Gasteiger partial charge is 0.383 e. The molecular weight excluding hydrogens is 212 g/mol. The van der Waals surface area contributed by atoms with Crippen LogP contribution >= 0.6 is 0 Å². The summed E-state index contributed by atoms with van der Waals surface area (Å²) < 4.78 is 0. The lowest BCUT2D eigenvalue weighted by atomic mass is 10.1. The summed E-state index contributed by atoms with van der Waals surface area (Å²) in [5.41, 5.74) is 7.06. The summed E-state index contributed by atoms with van der Waals surface area (Å²) in [7, 11) is 0. The van der Waals surface area contributed by atoms with Gasteiger partial charge in [0.1, 0.15) is 18.0 Å². The van der Waals surface area contributed by atoms with Gasteiger partial charge < -0.3 is 10.6 Å². The molecule has 0 saturated carbocycles. The molecule has 1 aromatic heterocycles. The third-order valence-electron chi connectivity index (χ3n) is 2.82. The third-order valence-corrected chi connectivity index (χ3v) is 2.82. The topological polar surface area (TPSA) is 55.0 Å². The normalized spacial score (nSPS) is 10.9. The number of nitrogens with zero attached hydrogens (tertiary/aromatic N) is 3. The first-order valence-electron chi connectivity index (χ1n) is 6.47. The number of nitrogens with two attached hydrogens (primary N) is 1. The van der Waals surface area contributed by atoms with Crippen molar-refractivity contribution >= 4 is 11.6 Å². The highest BCUT2D eigenvalue weighted by Crippen LogP contribution is 2.24. The maximum atomic E-state index is 5.96. The Hall–Kier alpha value is -1.32. The molecule has 0 fully saturated rings. The Kier molecular flexibility index (Phi) is 5.19. The van der Waals surface area contributed by atoms with Gasteiger partial charge in [-0.05, 0) is 26.7 Å². The van der Waals surface area contributed by atoms with Crippen LogP contribution in [0, 0.1) is 0 Å². The van der Waals surface area contributed by atoms with E-state index < -0.39 is 0 Å². The van der Waals surface area contributed by atoms with Gasteiger partial charge in [-0.15, -0.1) is 0 Å². The summed E-state index contributed by atoms with van der Waals surface area (Å²) in [6.45, 7) is 9.70. The first-order valence-corrected chi connectivity index (χ1v) is 6.47. The fourth-order valence-corrected chi connectivity index (χ4v) is 2.00. The first kappa shape index (κ1) is 13.7. The van der Waals surface area contributed by atoms with Crippen molar-refractivity contribution in [3.63, 3.8) is 0 Å².